The number of nitrogens with zero attached hydrogens (tertiary/aromatic N) is 2. The molecular weight excluding hydrogens is 462 g/mol. The zero-order valence-electron chi connectivity index (χ0n) is 18.3. The van der Waals surface area contributed by atoms with Crippen LogP contribution in [0.5, 0.6) is 0 Å². The van der Waals surface area contributed by atoms with Gasteiger partial charge in [0.25, 0.3) is 0 Å². The van der Waals surface area contributed by atoms with Crippen LogP contribution in [0.4, 0.5) is 11.4 Å². The molecule has 0 unspecified atom stereocenters. The topological polar surface area (TPSA) is 35.6 Å². The van der Waals surface area contributed by atoms with Gasteiger partial charge in [0.1, 0.15) is 0 Å². The number of carbonyl (C=O) groups is 1. The summed E-state index contributed by atoms with van der Waals surface area (Å²) in [6, 6.07) is 26.0. The van der Waals surface area contributed by atoms with Crippen LogP contribution in [0.3, 0.4) is 0 Å². The quantitative estimate of drug-likeness (QED) is 0.307. The second-order valence-corrected chi connectivity index (χ2v) is 9.10. The highest BCUT2D eigenvalue weighted by Crippen LogP contribution is 2.24. The first-order chi connectivity index (χ1) is 15.7. The molecule has 0 bridgehead atoms. The first-order valence-electron chi connectivity index (χ1n) is 11.4. The number of unbranched alkanes of at least 4 members (excludes halogenated alkanes) is 1. The van der Waals surface area contributed by atoms with Crippen molar-refractivity contribution in [3.8, 4) is 0 Å². The van der Waals surface area contributed by atoms with Gasteiger partial charge in [0, 0.05) is 59.7 Å². The second-order valence-electron chi connectivity index (χ2n) is 8.18. The summed E-state index contributed by atoms with van der Waals surface area (Å²) in [5.41, 5.74) is 3.65. The van der Waals surface area contributed by atoms with Crippen LogP contribution >= 0.6 is 15.9 Å². The third-order valence-corrected chi connectivity index (χ3v) is 6.47. The van der Waals surface area contributed by atoms with E-state index >= 15 is 0 Å². The van der Waals surface area contributed by atoms with Crippen molar-refractivity contribution in [1.29, 1.82) is 0 Å². The summed E-state index contributed by atoms with van der Waals surface area (Å²) in [5.74, 6) is 0.0469. The van der Waals surface area contributed by atoms with Crippen molar-refractivity contribution in [3.05, 3.63) is 94.5 Å². The Hall–Kier alpha value is -2.63. The summed E-state index contributed by atoms with van der Waals surface area (Å²) in [7, 11) is 0. The molecule has 1 heterocycles. The predicted molar refractivity (Wildman–Crippen MR) is 137 cm³/mol. The highest BCUT2D eigenvalue weighted by molar-refractivity contribution is 9.10. The lowest BCUT2D eigenvalue weighted by Gasteiger charge is -2.36. The van der Waals surface area contributed by atoms with Gasteiger partial charge in [-0.05, 0) is 49.7 Å². The molecule has 0 aromatic heterocycles. The fourth-order valence-corrected chi connectivity index (χ4v) is 4.52. The van der Waals surface area contributed by atoms with Crippen LogP contribution in [0.1, 0.15) is 28.8 Å². The molecule has 0 aliphatic carbocycles. The Labute approximate surface area is 199 Å². The summed E-state index contributed by atoms with van der Waals surface area (Å²) >= 11 is 3.50. The summed E-state index contributed by atoms with van der Waals surface area (Å²) in [4.78, 5) is 18.0. The first kappa shape index (κ1) is 22.6. The van der Waals surface area contributed by atoms with Crippen molar-refractivity contribution in [3.63, 3.8) is 0 Å². The minimum atomic E-state index is 0.0469. The Balaban J connectivity index is 1.22. The number of hydrogen-bond acceptors (Lipinski definition) is 4. The van der Waals surface area contributed by atoms with E-state index in [2.05, 4.69) is 61.4 Å². The summed E-state index contributed by atoms with van der Waals surface area (Å²) in [5, 5.41) is 3.49. The van der Waals surface area contributed by atoms with E-state index in [4.69, 9.17) is 0 Å². The average Bonchev–Trinajstić information content (AvgIpc) is 2.85. The number of carbonyl (C=O) groups excluding carboxylic acids is 1. The van der Waals surface area contributed by atoms with Crippen molar-refractivity contribution in [2.45, 2.75) is 12.8 Å². The Morgan fingerprint density at radius 3 is 2.25 bits per heavy atom. The first-order valence-corrected chi connectivity index (χ1v) is 12.2. The van der Waals surface area contributed by atoms with Gasteiger partial charge in [-0.25, -0.2) is 0 Å². The SMILES string of the molecule is O=C(c1ccccc1)c1cc(Br)ccc1NCCCCN1CCN(c2ccccc2)CC1. The van der Waals surface area contributed by atoms with Gasteiger partial charge in [0.05, 0.1) is 0 Å². The highest BCUT2D eigenvalue weighted by Gasteiger charge is 2.17. The molecule has 3 aromatic rings. The van der Waals surface area contributed by atoms with Gasteiger partial charge in [-0.2, -0.15) is 0 Å². The molecule has 166 valence electrons. The van der Waals surface area contributed by atoms with E-state index in [1.807, 2.05) is 48.5 Å². The number of nitrogens with one attached hydrogen (secondary N) is 1. The monoisotopic (exact) mass is 491 g/mol. The third kappa shape index (κ3) is 5.99. The molecule has 1 N–H and O–H groups in total. The number of hydrogen-bond donors (Lipinski definition) is 1. The summed E-state index contributed by atoms with van der Waals surface area (Å²) < 4.78 is 0.914. The van der Waals surface area contributed by atoms with Gasteiger partial charge < -0.3 is 10.2 Å². The highest BCUT2D eigenvalue weighted by atomic mass is 79.9. The maximum atomic E-state index is 13.0. The van der Waals surface area contributed by atoms with Crippen LogP contribution in [0.15, 0.2) is 83.3 Å². The number of halogens is 1. The fourth-order valence-electron chi connectivity index (χ4n) is 4.16. The van der Waals surface area contributed by atoms with Crippen molar-refractivity contribution in [2.24, 2.45) is 0 Å². The zero-order chi connectivity index (χ0) is 22.2. The lowest BCUT2D eigenvalue weighted by atomic mass is 10.0. The van der Waals surface area contributed by atoms with E-state index in [0.717, 1.165) is 62.3 Å². The molecule has 4 rings (SSSR count). The normalized spacial score (nSPS) is 14.3. The molecule has 0 spiro atoms. The summed E-state index contributed by atoms with van der Waals surface area (Å²) in [6.07, 6.45) is 2.23. The maximum Gasteiger partial charge on any atom is 0.195 e. The van der Waals surface area contributed by atoms with Gasteiger partial charge in [-0.15, -0.1) is 0 Å². The molecular formula is C27H30BrN3O. The van der Waals surface area contributed by atoms with Gasteiger partial charge in [0.2, 0.25) is 0 Å². The Morgan fingerprint density at radius 1 is 0.844 bits per heavy atom. The molecule has 0 amide bonds. The van der Waals surface area contributed by atoms with Crippen LogP contribution in [0.25, 0.3) is 0 Å². The van der Waals surface area contributed by atoms with Gasteiger partial charge in [-0.3, -0.25) is 9.69 Å². The number of ketones is 1. The second kappa shape index (κ2) is 11.3. The number of benzene rings is 3. The molecule has 0 saturated carbocycles. The van der Waals surface area contributed by atoms with E-state index in [9.17, 15) is 4.79 Å². The van der Waals surface area contributed by atoms with Crippen LogP contribution in [0, 0.1) is 0 Å². The molecule has 32 heavy (non-hydrogen) atoms. The Bertz CT molecular complexity index is 1000. The van der Waals surface area contributed by atoms with E-state index in [1.165, 1.54) is 5.69 Å². The number of anilines is 2. The van der Waals surface area contributed by atoms with E-state index < -0.39 is 0 Å². The molecule has 0 atom stereocenters. The number of rotatable bonds is 9. The van der Waals surface area contributed by atoms with Crippen LogP contribution in [-0.4, -0.2) is 50.0 Å². The molecule has 1 fully saturated rings. The van der Waals surface area contributed by atoms with Gasteiger partial charge in [0.15, 0.2) is 5.78 Å². The third-order valence-electron chi connectivity index (χ3n) is 5.97. The number of piperazine rings is 1. The van der Waals surface area contributed by atoms with Crippen molar-refractivity contribution >= 4 is 33.1 Å². The average molecular weight is 492 g/mol. The molecule has 1 saturated heterocycles. The van der Waals surface area contributed by atoms with Crippen LogP contribution in [-0.2, 0) is 0 Å². The predicted octanol–water partition coefficient (Wildman–Crippen LogP) is 5.69. The van der Waals surface area contributed by atoms with Crippen LogP contribution < -0.4 is 10.2 Å². The van der Waals surface area contributed by atoms with E-state index in [1.54, 1.807) is 0 Å². The number of para-hydroxylation sites is 1. The smallest absolute Gasteiger partial charge is 0.195 e. The van der Waals surface area contributed by atoms with Gasteiger partial charge in [-0.1, -0.05) is 64.5 Å². The van der Waals surface area contributed by atoms with E-state index in [0.29, 0.717) is 11.1 Å². The minimum Gasteiger partial charge on any atom is -0.384 e. The van der Waals surface area contributed by atoms with E-state index in [-0.39, 0.29) is 5.78 Å². The Kier molecular flexibility index (Phi) is 7.97. The minimum absolute atomic E-state index is 0.0469. The molecule has 5 heteroatoms. The van der Waals surface area contributed by atoms with Crippen LogP contribution in [0.2, 0.25) is 0 Å². The van der Waals surface area contributed by atoms with Gasteiger partial charge >= 0.3 is 0 Å². The van der Waals surface area contributed by atoms with Crippen molar-refractivity contribution < 1.29 is 4.79 Å². The molecule has 0 radical (unpaired) electrons. The molecule has 3 aromatic carbocycles. The van der Waals surface area contributed by atoms with Crippen molar-refractivity contribution in [2.75, 3.05) is 49.5 Å². The molecule has 1 aliphatic rings. The molecule has 4 nitrogen and oxygen atoms in total. The summed E-state index contributed by atoms with van der Waals surface area (Å²) in [6.45, 7) is 6.40. The Morgan fingerprint density at radius 2 is 1.53 bits per heavy atom. The fraction of sp³-hybridized carbons (Fsp3) is 0.296. The maximum absolute atomic E-state index is 13.0. The lowest BCUT2D eigenvalue weighted by Crippen LogP contribution is -2.46. The lowest BCUT2D eigenvalue weighted by molar-refractivity contribution is 0.103. The van der Waals surface area contributed by atoms with Crippen molar-refractivity contribution in [1.82, 2.24) is 4.90 Å². The standard InChI is InChI=1S/C27H30BrN3O/c28-23-13-14-26(25(21-23)27(32)22-9-3-1-4-10-22)29-15-7-8-16-30-17-19-31(20-18-30)24-11-5-2-6-12-24/h1-6,9-14,21,29H,7-8,15-20H2. The molecule has 1 aliphatic heterocycles. The zero-order valence-corrected chi connectivity index (χ0v) is 19.9. The largest absolute Gasteiger partial charge is 0.384 e.